The van der Waals surface area contributed by atoms with Gasteiger partial charge in [-0.25, -0.2) is 0 Å². The SMILES string of the molecule is COc1ccc(Br)cc1CNC1CC(CC(=O)O)C1. The fourth-order valence-electron chi connectivity index (χ4n) is 2.46. The summed E-state index contributed by atoms with van der Waals surface area (Å²) in [6.07, 6.45) is 2.18. The van der Waals surface area contributed by atoms with Crippen molar-refractivity contribution in [3.8, 4) is 5.75 Å². The number of aliphatic carboxylic acids is 1. The van der Waals surface area contributed by atoms with Gasteiger partial charge in [-0.05, 0) is 37.0 Å². The summed E-state index contributed by atoms with van der Waals surface area (Å²) in [5.74, 6) is 0.508. The maximum atomic E-state index is 10.6. The van der Waals surface area contributed by atoms with Gasteiger partial charge in [0, 0.05) is 29.0 Å². The predicted octanol–water partition coefficient (Wildman–Crippen LogP) is 2.80. The lowest BCUT2D eigenvalue weighted by atomic mass is 9.78. The van der Waals surface area contributed by atoms with Crippen LogP contribution in [0.1, 0.15) is 24.8 Å². The van der Waals surface area contributed by atoms with Crippen molar-refractivity contribution in [1.82, 2.24) is 5.32 Å². The molecule has 5 heteroatoms. The fraction of sp³-hybridized carbons (Fsp3) is 0.500. The number of hydrogen-bond acceptors (Lipinski definition) is 3. The van der Waals surface area contributed by atoms with E-state index in [-0.39, 0.29) is 0 Å². The molecule has 1 aromatic rings. The molecule has 0 amide bonds. The second-order valence-corrected chi connectivity index (χ2v) is 5.88. The smallest absolute Gasteiger partial charge is 0.303 e. The molecule has 0 aromatic heterocycles. The quantitative estimate of drug-likeness (QED) is 0.843. The number of ether oxygens (including phenoxy) is 1. The first-order chi connectivity index (χ1) is 9.08. The lowest BCUT2D eigenvalue weighted by Crippen LogP contribution is -2.41. The lowest BCUT2D eigenvalue weighted by Gasteiger charge is -2.35. The maximum Gasteiger partial charge on any atom is 0.303 e. The highest BCUT2D eigenvalue weighted by Gasteiger charge is 2.30. The first-order valence-corrected chi connectivity index (χ1v) is 7.15. The molecule has 0 unspecified atom stereocenters. The van der Waals surface area contributed by atoms with Gasteiger partial charge in [-0.15, -0.1) is 0 Å². The molecule has 2 rings (SSSR count). The Balaban J connectivity index is 1.81. The van der Waals surface area contributed by atoms with E-state index >= 15 is 0 Å². The summed E-state index contributed by atoms with van der Waals surface area (Å²) in [6.45, 7) is 0.743. The molecule has 1 aliphatic carbocycles. The highest BCUT2D eigenvalue weighted by molar-refractivity contribution is 9.10. The predicted molar refractivity (Wildman–Crippen MR) is 76.3 cm³/mol. The topological polar surface area (TPSA) is 58.6 Å². The summed E-state index contributed by atoms with van der Waals surface area (Å²) in [6, 6.07) is 6.36. The molecule has 0 heterocycles. The molecule has 0 atom stereocenters. The van der Waals surface area contributed by atoms with Crippen LogP contribution >= 0.6 is 15.9 Å². The lowest BCUT2D eigenvalue weighted by molar-refractivity contribution is -0.138. The monoisotopic (exact) mass is 327 g/mol. The van der Waals surface area contributed by atoms with Gasteiger partial charge in [0.1, 0.15) is 5.75 Å². The third-order valence-electron chi connectivity index (χ3n) is 3.52. The summed E-state index contributed by atoms with van der Waals surface area (Å²) in [5.41, 5.74) is 1.11. The minimum absolute atomic E-state index is 0.290. The normalized spacial score (nSPS) is 21.8. The molecule has 104 valence electrons. The molecule has 4 nitrogen and oxygen atoms in total. The highest BCUT2D eigenvalue weighted by Crippen LogP contribution is 2.31. The number of benzene rings is 1. The summed E-state index contributed by atoms with van der Waals surface area (Å²) in [7, 11) is 1.67. The van der Waals surface area contributed by atoms with Gasteiger partial charge in [-0.1, -0.05) is 15.9 Å². The second-order valence-electron chi connectivity index (χ2n) is 4.97. The largest absolute Gasteiger partial charge is 0.496 e. The van der Waals surface area contributed by atoms with Gasteiger partial charge in [0.15, 0.2) is 0 Å². The van der Waals surface area contributed by atoms with Crippen LogP contribution in [0.2, 0.25) is 0 Å². The number of rotatable bonds is 6. The number of nitrogens with one attached hydrogen (secondary N) is 1. The molecule has 0 aliphatic heterocycles. The van der Waals surface area contributed by atoms with E-state index in [4.69, 9.17) is 9.84 Å². The molecule has 0 saturated heterocycles. The van der Waals surface area contributed by atoms with Crippen LogP contribution in [0.25, 0.3) is 0 Å². The Hall–Kier alpha value is -1.07. The van der Waals surface area contributed by atoms with E-state index in [1.807, 2.05) is 18.2 Å². The minimum atomic E-state index is -0.697. The molecular formula is C14H18BrNO3. The standard InChI is InChI=1S/C14H18BrNO3/c1-19-13-3-2-11(15)7-10(13)8-16-12-4-9(5-12)6-14(17)18/h2-3,7,9,12,16H,4-6,8H2,1H3,(H,17,18). The van der Waals surface area contributed by atoms with Gasteiger partial charge in [-0.2, -0.15) is 0 Å². The average Bonchev–Trinajstić information content (AvgIpc) is 2.31. The molecule has 1 aliphatic rings. The molecule has 1 fully saturated rings. The number of carboxylic acids is 1. The van der Waals surface area contributed by atoms with E-state index < -0.39 is 5.97 Å². The summed E-state index contributed by atoms with van der Waals surface area (Å²) >= 11 is 3.45. The Bertz CT molecular complexity index is 458. The van der Waals surface area contributed by atoms with Crippen molar-refractivity contribution >= 4 is 21.9 Å². The van der Waals surface area contributed by atoms with Crippen molar-refractivity contribution < 1.29 is 14.6 Å². The Morgan fingerprint density at radius 1 is 1.53 bits per heavy atom. The Kier molecular flexibility index (Phi) is 4.82. The first kappa shape index (κ1) is 14.3. The Morgan fingerprint density at radius 2 is 2.26 bits per heavy atom. The second kappa shape index (κ2) is 6.39. The van der Waals surface area contributed by atoms with Crippen molar-refractivity contribution in [3.05, 3.63) is 28.2 Å². The van der Waals surface area contributed by atoms with Crippen molar-refractivity contribution in [1.29, 1.82) is 0 Å². The number of hydrogen-bond donors (Lipinski definition) is 2. The summed E-state index contributed by atoms with van der Waals surface area (Å²) < 4.78 is 6.35. The van der Waals surface area contributed by atoms with Crippen LogP contribution in [0.4, 0.5) is 0 Å². The zero-order valence-corrected chi connectivity index (χ0v) is 12.4. The third kappa shape index (κ3) is 3.94. The van der Waals surface area contributed by atoms with Crippen molar-refractivity contribution in [2.45, 2.75) is 31.8 Å². The van der Waals surface area contributed by atoms with Crippen LogP contribution in [-0.4, -0.2) is 24.2 Å². The molecule has 1 saturated carbocycles. The van der Waals surface area contributed by atoms with Gasteiger partial charge >= 0.3 is 5.97 Å². The van der Waals surface area contributed by atoms with E-state index in [1.165, 1.54) is 0 Å². The zero-order valence-electron chi connectivity index (χ0n) is 10.9. The molecule has 0 spiro atoms. The number of halogens is 1. The average molecular weight is 328 g/mol. The maximum absolute atomic E-state index is 10.6. The number of carbonyl (C=O) groups is 1. The van der Waals surface area contributed by atoms with E-state index in [1.54, 1.807) is 7.11 Å². The minimum Gasteiger partial charge on any atom is -0.496 e. The van der Waals surface area contributed by atoms with E-state index in [2.05, 4.69) is 21.2 Å². The highest BCUT2D eigenvalue weighted by atomic mass is 79.9. The van der Waals surface area contributed by atoms with Gasteiger partial charge in [0.25, 0.3) is 0 Å². The third-order valence-corrected chi connectivity index (χ3v) is 4.02. The van der Waals surface area contributed by atoms with Gasteiger partial charge in [0.05, 0.1) is 7.11 Å². The number of carboxylic acid groups (broad SMARTS) is 1. The van der Waals surface area contributed by atoms with E-state index in [9.17, 15) is 4.79 Å². The van der Waals surface area contributed by atoms with Crippen LogP contribution in [0.3, 0.4) is 0 Å². The van der Waals surface area contributed by atoms with Crippen LogP contribution < -0.4 is 10.1 Å². The molecule has 0 bridgehead atoms. The van der Waals surface area contributed by atoms with Gasteiger partial charge in [0.2, 0.25) is 0 Å². The number of methoxy groups -OCH3 is 1. The molecule has 19 heavy (non-hydrogen) atoms. The van der Waals surface area contributed by atoms with Gasteiger partial charge < -0.3 is 15.2 Å². The van der Waals surface area contributed by atoms with Crippen LogP contribution in [0.5, 0.6) is 5.75 Å². The zero-order chi connectivity index (χ0) is 13.8. The van der Waals surface area contributed by atoms with Crippen LogP contribution in [0.15, 0.2) is 22.7 Å². The van der Waals surface area contributed by atoms with Crippen LogP contribution in [0, 0.1) is 5.92 Å². The van der Waals surface area contributed by atoms with Crippen molar-refractivity contribution in [2.24, 2.45) is 5.92 Å². The Morgan fingerprint density at radius 3 is 2.89 bits per heavy atom. The summed E-state index contributed by atoms with van der Waals surface area (Å²) in [5, 5.41) is 12.1. The molecular weight excluding hydrogens is 310 g/mol. The van der Waals surface area contributed by atoms with Crippen molar-refractivity contribution in [3.63, 3.8) is 0 Å². The van der Waals surface area contributed by atoms with Crippen molar-refractivity contribution in [2.75, 3.05) is 7.11 Å². The summed E-state index contributed by atoms with van der Waals surface area (Å²) in [4.78, 5) is 10.6. The molecule has 2 N–H and O–H groups in total. The van der Waals surface area contributed by atoms with Gasteiger partial charge in [-0.3, -0.25) is 4.79 Å². The van der Waals surface area contributed by atoms with E-state index in [0.717, 1.165) is 35.2 Å². The first-order valence-electron chi connectivity index (χ1n) is 6.36. The molecule has 0 radical (unpaired) electrons. The fourth-order valence-corrected chi connectivity index (χ4v) is 2.86. The van der Waals surface area contributed by atoms with E-state index in [0.29, 0.717) is 18.4 Å². The van der Waals surface area contributed by atoms with Crippen LogP contribution in [-0.2, 0) is 11.3 Å². The Labute approximate surface area is 121 Å². The molecule has 1 aromatic carbocycles.